The molecule has 17 heavy (non-hydrogen) atoms. The van der Waals surface area contributed by atoms with Crippen molar-refractivity contribution in [3.63, 3.8) is 0 Å². The fourth-order valence-electron chi connectivity index (χ4n) is 1.47. The van der Waals surface area contributed by atoms with E-state index in [1.807, 2.05) is 38.1 Å². The van der Waals surface area contributed by atoms with Gasteiger partial charge in [-0.1, -0.05) is 12.1 Å². The number of esters is 1. The SMILES string of the molecule is COC(=O)C[C@H](N)c1cccc(OC(C)C)c1. The Morgan fingerprint density at radius 1 is 1.41 bits per heavy atom. The first-order valence-electron chi connectivity index (χ1n) is 5.62. The van der Waals surface area contributed by atoms with Crippen LogP contribution in [0.3, 0.4) is 0 Å². The molecule has 94 valence electrons. The van der Waals surface area contributed by atoms with E-state index in [2.05, 4.69) is 4.74 Å². The first-order chi connectivity index (χ1) is 8.02. The molecular formula is C13H19NO3. The van der Waals surface area contributed by atoms with Gasteiger partial charge in [0, 0.05) is 6.04 Å². The summed E-state index contributed by atoms with van der Waals surface area (Å²) in [6.07, 6.45) is 0.281. The van der Waals surface area contributed by atoms with Gasteiger partial charge in [-0.05, 0) is 31.5 Å². The van der Waals surface area contributed by atoms with Crippen LogP contribution in [0.4, 0.5) is 0 Å². The van der Waals surface area contributed by atoms with Gasteiger partial charge in [-0.15, -0.1) is 0 Å². The van der Waals surface area contributed by atoms with Crippen LogP contribution in [0.1, 0.15) is 31.9 Å². The van der Waals surface area contributed by atoms with Crippen molar-refractivity contribution in [3.05, 3.63) is 29.8 Å². The molecule has 0 bridgehead atoms. The summed E-state index contributed by atoms with van der Waals surface area (Å²) in [4.78, 5) is 11.1. The Balaban J connectivity index is 2.73. The first-order valence-corrected chi connectivity index (χ1v) is 5.62. The minimum atomic E-state index is -0.363. The monoisotopic (exact) mass is 237 g/mol. The van der Waals surface area contributed by atoms with Gasteiger partial charge in [0.1, 0.15) is 5.75 Å². The predicted octanol–water partition coefficient (Wildman–Crippen LogP) is 2.04. The third-order valence-electron chi connectivity index (χ3n) is 2.27. The third kappa shape index (κ3) is 4.44. The van der Waals surface area contributed by atoms with Crippen molar-refractivity contribution in [2.45, 2.75) is 32.4 Å². The van der Waals surface area contributed by atoms with Crippen molar-refractivity contribution >= 4 is 5.97 Å². The molecule has 1 aromatic rings. The minimum absolute atomic E-state index is 0.113. The third-order valence-corrected chi connectivity index (χ3v) is 2.27. The molecule has 0 unspecified atom stereocenters. The van der Waals surface area contributed by atoms with E-state index in [0.717, 1.165) is 11.3 Å². The van der Waals surface area contributed by atoms with Crippen LogP contribution in [-0.2, 0) is 9.53 Å². The van der Waals surface area contributed by atoms with E-state index in [9.17, 15) is 4.79 Å². The van der Waals surface area contributed by atoms with Crippen molar-refractivity contribution in [2.24, 2.45) is 5.73 Å². The Hall–Kier alpha value is -1.55. The van der Waals surface area contributed by atoms with E-state index >= 15 is 0 Å². The average molecular weight is 237 g/mol. The maximum absolute atomic E-state index is 11.1. The van der Waals surface area contributed by atoms with Gasteiger partial charge in [-0.25, -0.2) is 0 Å². The molecule has 0 fully saturated rings. The summed E-state index contributed by atoms with van der Waals surface area (Å²) in [6.45, 7) is 3.92. The van der Waals surface area contributed by atoms with Crippen molar-refractivity contribution in [3.8, 4) is 5.75 Å². The zero-order chi connectivity index (χ0) is 12.8. The summed E-state index contributed by atoms with van der Waals surface area (Å²) in [5, 5.41) is 0. The standard InChI is InChI=1S/C13H19NO3/c1-9(2)17-11-6-4-5-10(7-11)12(14)8-13(15)16-3/h4-7,9,12H,8,14H2,1-3H3/t12-/m0/s1. The average Bonchev–Trinajstić information content (AvgIpc) is 2.28. The Morgan fingerprint density at radius 3 is 2.71 bits per heavy atom. The Labute approximate surface area is 102 Å². The molecule has 4 heteroatoms. The number of benzene rings is 1. The van der Waals surface area contributed by atoms with Crippen molar-refractivity contribution in [1.29, 1.82) is 0 Å². The van der Waals surface area contributed by atoms with Crippen LogP contribution in [0.5, 0.6) is 5.75 Å². The lowest BCUT2D eigenvalue weighted by atomic mass is 10.0. The lowest BCUT2D eigenvalue weighted by Gasteiger charge is -2.14. The lowest BCUT2D eigenvalue weighted by Crippen LogP contribution is -2.16. The first kappa shape index (κ1) is 13.5. The number of hydrogen-bond donors (Lipinski definition) is 1. The number of methoxy groups -OCH3 is 1. The molecular weight excluding hydrogens is 218 g/mol. The molecule has 1 aromatic carbocycles. The fraction of sp³-hybridized carbons (Fsp3) is 0.462. The van der Waals surface area contributed by atoms with Crippen LogP contribution in [0.2, 0.25) is 0 Å². The van der Waals surface area contributed by atoms with Gasteiger partial charge in [0.05, 0.1) is 19.6 Å². The molecule has 0 aliphatic heterocycles. The topological polar surface area (TPSA) is 61.5 Å². The maximum Gasteiger partial charge on any atom is 0.307 e. The zero-order valence-corrected chi connectivity index (χ0v) is 10.5. The molecule has 1 atom stereocenters. The van der Waals surface area contributed by atoms with E-state index < -0.39 is 0 Å². The summed E-state index contributed by atoms with van der Waals surface area (Å²) in [5.74, 6) is 0.450. The van der Waals surface area contributed by atoms with E-state index in [1.54, 1.807) is 0 Å². The molecule has 0 saturated carbocycles. The van der Waals surface area contributed by atoms with Gasteiger partial charge in [-0.2, -0.15) is 0 Å². The highest BCUT2D eigenvalue weighted by molar-refractivity contribution is 5.70. The molecule has 0 aromatic heterocycles. The molecule has 0 radical (unpaired) electrons. The number of carbonyl (C=O) groups excluding carboxylic acids is 1. The van der Waals surface area contributed by atoms with Crippen LogP contribution in [0, 0.1) is 0 Å². The van der Waals surface area contributed by atoms with Gasteiger partial charge in [0.2, 0.25) is 0 Å². The molecule has 0 aliphatic carbocycles. The number of ether oxygens (including phenoxy) is 2. The summed E-state index contributed by atoms with van der Waals surface area (Å²) in [6, 6.07) is 7.10. The number of rotatable bonds is 5. The number of hydrogen-bond acceptors (Lipinski definition) is 4. The van der Waals surface area contributed by atoms with Crippen LogP contribution in [0.15, 0.2) is 24.3 Å². The van der Waals surface area contributed by atoms with Gasteiger partial charge >= 0.3 is 5.97 Å². The Kier molecular flexibility index (Phi) is 4.97. The summed E-state index contributed by atoms with van der Waals surface area (Å²) in [7, 11) is 1.35. The van der Waals surface area contributed by atoms with Crippen LogP contribution >= 0.6 is 0 Å². The summed E-state index contributed by atoms with van der Waals surface area (Å²) in [5.41, 5.74) is 6.78. The van der Waals surface area contributed by atoms with Gasteiger partial charge in [0.25, 0.3) is 0 Å². The quantitative estimate of drug-likeness (QED) is 0.796. The molecule has 0 amide bonds. The molecule has 0 aliphatic rings. The number of nitrogens with two attached hydrogens (primary N) is 1. The van der Waals surface area contributed by atoms with Gasteiger partial charge in [0.15, 0.2) is 0 Å². The highest BCUT2D eigenvalue weighted by Gasteiger charge is 2.12. The highest BCUT2D eigenvalue weighted by atomic mass is 16.5. The van der Waals surface area contributed by atoms with Crippen LogP contribution < -0.4 is 10.5 Å². The van der Waals surface area contributed by atoms with E-state index in [-0.39, 0.29) is 24.5 Å². The van der Waals surface area contributed by atoms with Crippen molar-refractivity contribution in [2.75, 3.05) is 7.11 Å². The minimum Gasteiger partial charge on any atom is -0.491 e. The fourth-order valence-corrected chi connectivity index (χ4v) is 1.47. The lowest BCUT2D eigenvalue weighted by molar-refractivity contribution is -0.141. The highest BCUT2D eigenvalue weighted by Crippen LogP contribution is 2.21. The molecule has 0 heterocycles. The van der Waals surface area contributed by atoms with E-state index in [1.165, 1.54) is 7.11 Å². The van der Waals surface area contributed by atoms with Gasteiger partial charge < -0.3 is 15.2 Å². The molecule has 2 N–H and O–H groups in total. The molecule has 1 rings (SSSR count). The van der Waals surface area contributed by atoms with Crippen molar-refractivity contribution < 1.29 is 14.3 Å². The molecule has 0 spiro atoms. The smallest absolute Gasteiger partial charge is 0.307 e. The van der Waals surface area contributed by atoms with Crippen LogP contribution in [0.25, 0.3) is 0 Å². The summed E-state index contributed by atoms with van der Waals surface area (Å²) >= 11 is 0. The second-order valence-corrected chi connectivity index (χ2v) is 4.13. The Bertz CT molecular complexity index is 377. The Morgan fingerprint density at radius 2 is 2.12 bits per heavy atom. The molecule has 4 nitrogen and oxygen atoms in total. The van der Waals surface area contributed by atoms with Crippen molar-refractivity contribution in [1.82, 2.24) is 0 Å². The summed E-state index contributed by atoms with van der Waals surface area (Å²) < 4.78 is 10.2. The molecule has 0 saturated heterocycles. The van der Waals surface area contributed by atoms with Gasteiger partial charge in [-0.3, -0.25) is 4.79 Å². The number of carbonyl (C=O) groups is 1. The maximum atomic E-state index is 11.1. The zero-order valence-electron chi connectivity index (χ0n) is 10.5. The normalized spacial score (nSPS) is 12.3. The van der Waals surface area contributed by atoms with E-state index in [4.69, 9.17) is 10.5 Å². The largest absolute Gasteiger partial charge is 0.491 e. The second kappa shape index (κ2) is 6.25. The predicted molar refractivity (Wildman–Crippen MR) is 65.8 cm³/mol. The van der Waals surface area contributed by atoms with Crippen LogP contribution in [-0.4, -0.2) is 19.2 Å². The van der Waals surface area contributed by atoms with E-state index in [0.29, 0.717) is 0 Å². The second-order valence-electron chi connectivity index (χ2n) is 4.13.